The van der Waals surface area contributed by atoms with E-state index in [9.17, 15) is 0 Å². The van der Waals surface area contributed by atoms with E-state index in [4.69, 9.17) is 9.72 Å². The SMILES string of the molecule is COc1cc2nc(C)n(-c3ccc(C(C)C)nc3)c2cc1CC(C)C. The molecule has 0 aliphatic rings. The van der Waals surface area contributed by atoms with Crippen molar-refractivity contribution >= 4 is 11.0 Å². The Bertz CT molecular complexity index is 876. The van der Waals surface area contributed by atoms with Gasteiger partial charge in [-0.1, -0.05) is 27.7 Å². The molecule has 0 aliphatic heterocycles. The van der Waals surface area contributed by atoms with Crippen molar-refractivity contribution in [2.24, 2.45) is 5.92 Å². The summed E-state index contributed by atoms with van der Waals surface area (Å²) in [6.45, 7) is 10.8. The van der Waals surface area contributed by atoms with Crippen LogP contribution in [-0.4, -0.2) is 21.6 Å². The Morgan fingerprint density at radius 1 is 1.12 bits per heavy atom. The lowest BCUT2D eigenvalue weighted by Gasteiger charge is -2.13. The number of benzene rings is 1. The van der Waals surface area contributed by atoms with E-state index in [2.05, 4.69) is 55.4 Å². The first-order chi connectivity index (χ1) is 11.9. The summed E-state index contributed by atoms with van der Waals surface area (Å²) in [6, 6.07) is 8.49. The van der Waals surface area contributed by atoms with Crippen LogP contribution in [-0.2, 0) is 6.42 Å². The van der Waals surface area contributed by atoms with Gasteiger partial charge in [-0.15, -0.1) is 0 Å². The molecule has 2 heterocycles. The van der Waals surface area contributed by atoms with Crippen LogP contribution < -0.4 is 4.74 Å². The molecule has 132 valence electrons. The maximum Gasteiger partial charge on any atom is 0.124 e. The van der Waals surface area contributed by atoms with Crippen LogP contribution in [0, 0.1) is 12.8 Å². The van der Waals surface area contributed by atoms with Gasteiger partial charge in [-0.2, -0.15) is 0 Å². The molecule has 3 rings (SSSR count). The van der Waals surface area contributed by atoms with E-state index >= 15 is 0 Å². The number of nitrogens with zero attached hydrogens (tertiary/aromatic N) is 3. The number of hydrogen-bond donors (Lipinski definition) is 0. The molecule has 0 aliphatic carbocycles. The van der Waals surface area contributed by atoms with Crippen LogP contribution in [0.15, 0.2) is 30.5 Å². The molecule has 0 saturated heterocycles. The van der Waals surface area contributed by atoms with E-state index in [0.29, 0.717) is 11.8 Å². The highest BCUT2D eigenvalue weighted by atomic mass is 16.5. The fourth-order valence-corrected chi connectivity index (χ4v) is 3.25. The molecular weight excluding hydrogens is 310 g/mol. The molecule has 0 spiro atoms. The van der Waals surface area contributed by atoms with Gasteiger partial charge in [-0.05, 0) is 48.9 Å². The lowest BCUT2D eigenvalue weighted by Crippen LogP contribution is -2.01. The van der Waals surface area contributed by atoms with Gasteiger partial charge in [0, 0.05) is 11.8 Å². The number of rotatable bonds is 5. The molecule has 0 saturated carbocycles. The maximum atomic E-state index is 5.59. The third kappa shape index (κ3) is 3.39. The zero-order chi connectivity index (χ0) is 18.1. The number of pyridine rings is 1. The summed E-state index contributed by atoms with van der Waals surface area (Å²) in [4.78, 5) is 9.34. The molecule has 4 heteroatoms. The number of hydrogen-bond acceptors (Lipinski definition) is 3. The lowest BCUT2D eigenvalue weighted by molar-refractivity contribution is 0.407. The smallest absolute Gasteiger partial charge is 0.124 e. The van der Waals surface area contributed by atoms with Crippen molar-refractivity contribution in [2.45, 2.75) is 47.0 Å². The topological polar surface area (TPSA) is 39.9 Å². The molecule has 0 atom stereocenters. The van der Waals surface area contributed by atoms with Gasteiger partial charge in [0.25, 0.3) is 0 Å². The summed E-state index contributed by atoms with van der Waals surface area (Å²) >= 11 is 0. The fraction of sp³-hybridized carbons (Fsp3) is 0.429. The van der Waals surface area contributed by atoms with E-state index in [-0.39, 0.29) is 0 Å². The van der Waals surface area contributed by atoms with Crippen LogP contribution in [0.5, 0.6) is 5.75 Å². The molecule has 2 aromatic heterocycles. The molecule has 0 bridgehead atoms. The minimum Gasteiger partial charge on any atom is -0.496 e. The van der Waals surface area contributed by atoms with Crippen LogP contribution in [0.1, 0.15) is 50.7 Å². The van der Waals surface area contributed by atoms with Crippen molar-refractivity contribution in [1.29, 1.82) is 0 Å². The van der Waals surface area contributed by atoms with E-state index in [1.165, 1.54) is 5.56 Å². The molecule has 0 radical (unpaired) electrons. The van der Waals surface area contributed by atoms with Gasteiger partial charge in [0.15, 0.2) is 0 Å². The standard InChI is InChI=1S/C21H27N3O/c1-13(2)9-16-10-20-19(11-21(16)25-6)23-15(5)24(20)17-7-8-18(14(3)4)22-12-17/h7-8,10-14H,9H2,1-6H3. The third-order valence-electron chi connectivity index (χ3n) is 4.47. The second kappa shape index (κ2) is 6.87. The molecular formula is C21H27N3O. The highest BCUT2D eigenvalue weighted by Crippen LogP contribution is 2.30. The van der Waals surface area contributed by atoms with Gasteiger partial charge < -0.3 is 4.74 Å². The Morgan fingerprint density at radius 2 is 1.88 bits per heavy atom. The van der Waals surface area contributed by atoms with Crippen molar-refractivity contribution in [3.05, 3.63) is 47.5 Å². The van der Waals surface area contributed by atoms with Crippen molar-refractivity contribution in [3.63, 3.8) is 0 Å². The molecule has 25 heavy (non-hydrogen) atoms. The molecule has 0 amide bonds. The minimum absolute atomic E-state index is 0.427. The predicted octanol–water partition coefficient (Wildman–Crippen LogP) is 5.06. The monoisotopic (exact) mass is 337 g/mol. The van der Waals surface area contributed by atoms with Gasteiger partial charge in [-0.3, -0.25) is 9.55 Å². The summed E-state index contributed by atoms with van der Waals surface area (Å²) in [7, 11) is 1.73. The van der Waals surface area contributed by atoms with Crippen LogP contribution in [0.2, 0.25) is 0 Å². The first kappa shape index (κ1) is 17.5. The van der Waals surface area contributed by atoms with Crippen molar-refractivity contribution in [2.75, 3.05) is 7.11 Å². The summed E-state index contributed by atoms with van der Waals surface area (Å²) in [5.41, 5.74) is 5.43. The van der Waals surface area contributed by atoms with E-state index in [1.54, 1.807) is 7.11 Å². The number of fused-ring (bicyclic) bond motifs is 1. The Labute approximate surface area is 149 Å². The lowest BCUT2D eigenvalue weighted by atomic mass is 10.0. The Balaban J connectivity index is 2.15. The van der Waals surface area contributed by atoms with Crippen LogP contribution in [0.25, 0.3) is 16.7 Å². The zero-order valence-electron chi connectivity index (χ0n) is 16.0. The highest BCUT2D eigenvalue weighted by Gasteiger charge is 2.15. The Morgan fingerprint density at radius 3 is 2.44 bits per heavy atom. The molecule has 4 nitrogen and oxygen atoms in total. The molecule has 1 aromatic carbocycles. The van der Waals surface area contributed by atoms with Gasteiger partial charge in [0.1, 0.15) is 11.6 Å². The summed E-state index contributed by atoms with van der Waals surface area (Å²) in [6.07, 6.45) is 2.92. The van der Waals surface area contributed by atoms with Crippen molar-refractivity contribution in [3.8, 4) is 11.4 Å². The van der Waals surface area contributed by atoms with E-state index < -0.39 is 0 Å². The van der Waals surface area contributed by atoms with Crippen LogP contribution in [0.4, 0.5) is 0 Å². The molecule has 0 unspecified atom stereocenters. The minimum atomic E-state index is 0.427. The summed E-state index contributed by atoms with van der Waals surface area (Å²) in [5.74, 6) is 2.87. The highest BCUT2D eigenvalue weighted by molar-refractivity contribution is 5.81. The van der Waals surface area contributed by atoms with E-state index in [0.717, 1.165) is 40.4 Å². The van der Waals surface area contributed by atoms with E-state index in [1.807, 2.05) is 19.2 Å². The molecule has 3 aromatic rings. The number of ether oxygens (including phenoxy) is 1. The third-order valence-corrected chi connectivity index (χ3v) is 4.47. The normalized spacial score (nSPS) is 11.7. The number of aromatic nitrogens is 3. The maximum absolute atomic E-state index is 5.59. The summed E-state index contributed by atoms with van der Waals surface area (Å²) in [5, 5.41) is 0. The first-order valence-corrected chi connectivity index (χ1v) is 8.93. The van der Waals surface area contributed by atoms with Gasteiger partial charge >= 0.3 is 0 Å². The summed E-state index contributed by atoms with van der Waals surface area (Å²) < 4.78 is 7.77. The Hall–Kier alpha value is -2.36. The fourth-order valence-electron chi connectivity index (χ4n) is 3.25. The second-order valence-corrected chi connectivity index (χ2v) is 7.34. The number of methoxy groups -OCH3 is 1. The predicted molar refractivity (Wildman–Crippen MR) is 103 cm³/mol. The zero-order valence-corrected chi connectivity index (χ0v) is 16.0. The van der Waals surface area contributed by atoms with Crippen molar-refractivity contribution in [1.82, 2.24) is 14.5 Å². The van der Waals surface area contributed by atoms with Gasteiger partial charge in [-0.25, -0.2) is 4.98 Å². The van der Waals surface area contributed by atoms with Gasteiger partial charge in [0.2, 0.25) is 0 Å². The molecule has 0 N–H and O–H groups in total. The number of aryl methyl sites for hydroxylation is 1. The Kier molecular flexibility index (Phi) is 4.80. The first-order valence-electron chi connectivity index (χ1n) is 8.93. The van der Waals surface area contributed by atoms with Crippen LogP contribution in [0.3, 0.4) is 0 Å². The average Bonchev–Trinajstić information content (AvgIpc) is 2.88. The quantitative estimate of drug-likeness (QED) is 0.653. The number of imidazole rings is 1. The average molecular weight is 337 g/mol. The van der Waals surface area contributed by atoms with Gasteiger partial charge in [0.05, 0.1) is 30.0 Å². The second-order valence-electron chi connectivity index (χ2n) is 7.34. The van der Waals surface area contributed by atoms with Crippen LogP contribution >= 0.6 is 0 Å². The molecule has 0 fully saturated rings. The van der Waals surface area contributed by atoms with Crippen molar-refractivity contribution < 1.29 is 4.74 Å². The largest absolute Gasteiger partial charge is 0.496 e.